The Labute approximate surface area is 168 Å². The molecule has 1 heterocycles. The lowest BCUT2D eigenvalue weighted by Crippen LogP contribution is -2.30. The normalized spacial score (nSPS) is 17.8. The van der Waals surface area contributed by atoms with Gasteiger partial charge in [-0.15, -0.1) is 0 Å². The third-order valence-electron chi connectivity index (χ3n) is 5.05. The van der Waals surface area contributed by atoms with Crippen LogP contribution in [0.15, 0.2) is 24.3 Å². The molecule has 1 atom stereocenters. The molecule has 3 nitrogen and oxygen atoms in total. The van der Waals surface area contributed by atoms with Crippen LogP contribution in [0, 0.1) is 0 Å². The molecule has 1 aromatic rings. The average Bonchev–Trinajstić information content (AvgIpc) is 2.92. The van der Waals surface area contributed by atoms with Crippen molar-refractivity contribution in [2.75, 3.05) is 31.6 Å². The smallest absolute Gasteiger partial charge is 0.119 e. The summed E-state index contributed by atoms with van der Waals surface area (Å²) >= 11 is 3.48. The lowest BCUT2D eigenvalue weighted by molar-refractivity contribution is 0.307. The fourth-order valence-corrected chi connectivity index (χ4v) is 3.93. The van der Waals surface area contributed by atoms with Gasteiger partial charge in [-0.05, 0) is 75.9 Å². The van der Waals surface area contributed by atoms with Gasteiger partial charge in [0.25, 0.3) is 0 Å². The molecule has 1 aliphatic rings. The zero-order valence-corrected chi connectivity index (χ0v) is 17.9. The van der Waals surface area contributed by atoms with Gasteiger partial charge in [-0.1, -0.05) is 53.7 Å². The molecule has 1 unspecified atom stereocenters. The van der Waals surface area contributed by atoms with E-state index >= 15 is 0 Å². The van der Waals surface area contributed by atoms with Crippen molar-refractivity contribution in [3.63, 3.8) is 0 Å². The highest BCUT2D eigenvalue weighted by Crippen LogP contribution is 2.18. The first-order valence-electron chi connectivity index (χ1n) is 10.6. The number of unbranched alkanes of at least 4 members (excludes halogenated alkanes) is 3. The largest absolute Gasteiger partial charge is 0.494 e. The van der Waals surface area contributed by atoms with Gasteiger partial charge in [0.15, 0.2) is 0 Å². The van der Waals surface area contributed by atoms with Gasteiger partial charge in [0.2, 0.25) is 0 Å². The van der Waals surface area contributed by atoms with Crippen molar-refractivity contribution in [3.8, 4) is 5.75 Å². The monoisotopic (exact) mass is 424 g/mol. The van der Waals surface area contributed by atoms with E-state index < -0.39 is 0 Å². The molecule has 2 N–H and O–H groups in total. The van der Waals surface area contributed by atoms with Crippen LogP contribution in [0.5, 0.6) is 5.75 Å². The number of rotatable bonds is 13. The molecule has 1 saturated heterocycles. The second kappa shape index (κ2) is 14.5. The highest BCUT2D eigenvalue weighted by molar-refractivity contribution is 9.09. The molecule has 0 spiro atoms. The van der Waals surface area contributed by atoms with Crippen molar-refractivity contribution in [2.24, 2.45) is 0 Å². The molecule has 0 aliphatic carbocycles. The molecule has 0 saturated carbocycles. The number of hydrogen-bond acceptors (Lipinski definition) is 3. The van der Waals surface area contributed by atoms with Crippen molar-refractivity contribution in [2.45, 2.75) is 70.3 Å². The summed E-state index contributed by atoms with van der Waals surface area (Å²) in [5, 5.41) is 8.34. The number of benzene rings is 1. The van der Waals surface area contributed by atoms with Gasteiger partial charge in [-0.25, -0.2) is 0 Å². The molecule has 4 heteroatoms. The van der Waals surface area contributed by atoms with Crippen LogP contribution in [-0.4, -0.2) is 37.6 Å². The summed E-state index contributed by atoms with van der Waals surface area (Å²) in [6.45, 7) is 4.14. The standard InChI is InChI=1S/C22H37BrN2O/c23-13-5-1-2-6-14-24-15-9-17-26-22-12-8-10-20(19-22)18-21-11-4-3-7-16-25-21/h8,10,12,19,21,24-25H,1-7,9,11,13-18H2. The summed E-state index contributed by atoms with van der Waals surface area (Å²) in [5.41, 5.74) is 1.39. The van der Waals surface area contributed by atoms with Gasteiger partial charge in [0.1, 0.15) is 5.75 Å². The number of nitrogens with one attached hydrogen (secondary N) is 2. The molecule has 1 aromatic carbocycles. The number of hydrogen-bond donors (Lipinski definition) is 2. The third kappa shape index (κ3) is 9.94. The van der Waals surface area contributed by atoms with Crippen molar-refractivity contribution in [1.29, 1.82) is 0 Å². The predicted octanol–water partition coefficient (Wildman–Crippen LogP) is 5.08. The van der Waals surface area contributed by atoms with Crippen LogP contribution in [0.3, 0.4) is 0 Å². The zero-order valence-electron chi connectivity index (χ0n) is 16.3. The molecule has 26 heavy (non-hydrogen) atoms. The lowest BCUT2D eigenvalue weighted by atomic mass is 10.0. The van der Waals surface area contributed by atoms with E-state index in [2.05, 4.69) is 50.8 Å². The summed E-state index contributed by atoms with van der Waals surface area (Å²) in [7, 11) is 0. The van der Waals surface area contributed by atoms with Crippen molar-refractivity contribution in [3.05, 3.63) is 29.8 Å². The Morgan fingerprint density at radius 1 is 1.04 bits per heavy atom. The van der Waals surface area contributed by atoms with Gasteiger partial charge < -0.3 is 15.4 Å². The third-order valence-corrected chi connectivity index (χ3v) is 5.61. The maximum Gasteiger partial charge on any atom is 0.119 e. The van der Waals surface area contributed by atoms with E-state index in [1.165, 1.54) is 63.5 Å². The Bertz CT molecular complexity index is 461. The Kier molecular flexibility index (Phi) is 12.1. The van der Waals surface area contributed by atoms with Crippen molar-refractivity contribution < 1.29 is 4.74 Å². The van der Waals surface area contributed by atoms with Gasteiger partial charge in [-0.2, -0.15) is 0 Å². The highest BCUT2D eigenvalue weighted by atomic mass is 79.9. The molecule has 0 radical (unpaired) electrons. The average molecular weight is 425 g/mol. The van der Waals surface area contributed by atoms with Crippen LogP contribution < -0.4 is 15.4 Å². The second-order valence-electron chi connectivity index (χ2n) is 7.41. The van der Waals surface area contributed by atoms with Gasteiger partial charge >= 0.3 is 0 Å². The maximum absolute atomic E-state index is 5.95. The van der Waals surface area contributed by atoms with Gasteiger partial charge in [0.05, 0.1) is 6.61 Å². The Morgan fingerprint density at radius 3 is 2.85 bits per heavy atom. The Morgan fingerprint density at radius 2 is 1.92 bits per heavy atom. The molecule has 148 valence electrons. The topological polar surface area (TPSA) is 33.3 Å². The Hall–Kier alpha value is -0.580. The molecule has 1 aliphatic heterocycles. The second-order valence-corrected chi connectivity index (χ2v) is 8.20. The lowest BCUT2D eigenvalue weighted by Gasteiger charge is -2.16. The van der Waals surface area contributed by atoms with E-state index in [0.717, 1.165) is 43.6 Å². The minimum Gasteiger partial charge on any atom is -0.494 e. The first-order valence-corrected chi connectivity index (χ1v) is 11.7. The SMILES string of the molecule is BrCCCCCCNCCCOc1cccc(CC2CCCCCN2)c1. The fourth-order valence-electron chi connectivity index (χ4n) is 3.53. The summed E-state index contributed by atoms with van der Waals surface area (Å²) in [6, 6.07) is 9.31. The molecule has 2 rings (SSSR count). The van der Waals surface area contributed by atoms with E-state index in [0.29, 0.717) is 6.04 Å². The minimum absolute atomic E-state index is 0.631. The van der Waals surface area contributed by atoms with E-state index in [-0.39, 0.29) is 0 Å². The summed E-state index contributed by atoms with van der Waals surface area (Å²) in [5.74, 6) is 1.02. The Balaban J connectivity index is 1.55. The first-order chi connectivity index (χ1) is 12.9. The van der Waals surface area contributed by atoms with E-state index in [1.807, 2.05) is 0 Å². The van der Waals surface area contributed by atoms with E-state index in [1.54, 1.807) is 0 Å². The fraction of sp³-hybridized carbons (Fsp3) is 0.727. The number of ether oxygens (including phenoxy) is 1. The predicted molar refractivity (Wildman–Crippen MR) is 116 cm³/mol. The number of alkyl halides is 1. The minimum atomic E-state index is 0.631. The molecule has 1 fully saturated rings. The molecule has 0 amide bonds. The van der Waals surface area contributed by atoms with Crippen LogP contribution in [-0.2, 0) is 6.42 Å². The quantitative estimate of drug-likeness (QED) is 0.342. The van der Waals surface area contributed by atoms with Crippen LogP contribution in [0.1, 0.15) is 63.4 Å². The maximum atomic E-state index is 5.95. The van der Waals surface area contributed by atoms with Crippen molar-refractivity contribution in [1.82, 2.24) is 10.6 Å². The first kappa shape index (κ1) is 21.7. The molecular weight excluding hydrogens is 388 g/mol. The van der Waals surface area contributed by atoms with E-state index in [9.17, 15) is 0 Å². The van der Waals surface area contributed by atoms with Crippen LogP contribution >= 0.6 is 15.9 Å². The van der Waals surface area contributed by atoms with Crippen LogP contribution in [0.2, 0.25) is 0 Å². The molecule has 0 aromatic heterocycles. The van der Waals surface area contributed by atoms with Gasteiger partial charge in [0, 0.05) is 11.4 Å². The highest BCUT2D eigenvalue weighted by Gasteiger charge is 2.12. The summed E-state index contributed by atoms with van der Waals surface area (Å²) in [6.07, 6.45) is 12.8. The summed E-state index contributed by atoms with van der Waals surface area (Å²) in [4.78, 5) is 0. The van der Waals surface area contributed by atoms with Crippen LogP contribution in [0.4, 0.5) is 0 Å². The molecule has 0 bridgehead atoms. The van der Waals surface area contributed by atoms with E-state index in [4.69, 9.17) is 4.74 Å². The number of halogens is 1. The van der Waals surface area contributed by atoms with Crippen LogP contribution in [0.25, 0.3) is 0 Å². The zero-order chi connectivity index (χ0) is 18.3. The summed E-state index contributed by atoms with van der Waals surface area (Å²) < 4.78 is 5.95. The molecular formula is C22H37BrN2O. The van der Waals surface area contributed by atoms with Gasteiger partial charge in [-0.3, -0.25) is 0 Å². The van der Waals surface area contributed by atoms with Crippen molar-refractivity contribution >= 4 is 15.9 Å².